The molecule has 6 heteroatoms. The molecule has 0 bridgehead atoms. The minimum Gasteiger partial charge on any atom is -0.494 e. The Morgan fingerprint density at radius 1 is 1.36 bits per heavy atom. The molecule has 0 radical (unpaired) electrons. The molecule has 1 amide bonds. The lowest BCUT2D eigenvalue weighted by atomic mass is 10.2. The molecule has 0 spiro atoms. The number of nitrogens with zero attached hydrogens (tertiary/aromatic N) is 2. The molecule has 1 aromatic rings. The summed E-state index contributed by atoms with van der Waals surface area (Å²) in [5.41, 5.74) is 6.02. The van der Waals surface area contributed by atoms with Crippen LogP contribution < -0.4 is 10.5 Å². The summed E-state index contributed by atoms with van der Waals surface area (Å²) in [5.74, 6) is 0.675. The lowest BCUT2D eigenvalue weighted by Gasteiger charge is -2.21. The van der Waals surface area contributed by atoms with Gasteiger partial charge in [0.15, 0.2) is 0 Å². The summed E-state index contributed by atoms with van der Waals surface area (Å²) in [5, 5.41) is 10.0. The molecule has 0 unspecified atom stereocenters. The van der Waals surface area contributed by atoms with Crippen molar-refractivity contribution in [3.8, 4) is 5.75 Å². The van der Waals surface area contributed by atoms with E-state index >= 15 is 0 Å². The zero-order chi connectivity index (χ0) is 16.1. The summed E-state index contributed by atoms with van der Waals surface area (Å²) >= 11 is 0. The number of nitrogens with two attached hydrogens (primary N) is 1. The molecule has 1 saturated heterocycles. The summed E-state index contributed by atoms with van der Waals surface area (Å²) in [4.78, 5) is 16.1. The number of likely N-dealkylation sites (tertiary alicyclic amines) is 1. The Hall–Kier alpha value is -1.63. The first-order valence-corrected chi connectivity index (χ1v) is 7.59. The Labute approximate surface area is 131 Å². The van der Waals surface area contributed by atoms with Gasteiger partial charge >= 0.3 is 0 Å². The largest absolute Gasteiger partial charge is 0.494 e. The predicted octanol–water partition coefficient (Wildman–Crippen LogP) is 0.161. The molecule has 0 aliphatic carbocycles. The number of ether oxygens (including phenoxy) is 1. The van der Waals surface area contributed by atoms with Gasteiger partial charge in [-0.15, -0.1) is 0 Å². The van der Waals surface area contributed by atoms with E-state index in [4.69, 9.17) is 10.5 Å². The Morgan fingerprint density at radius 2 is 2.05 bits per heavy atom. The van der Waals surface area contributed by atoms with Crippen molar-refractivity contribution in [3.05, 3.63) is 29.8 Å². The van der Waals surface area contributed by atoms with Crippen LogP contribution in [-0.2, 0) is 0 Å². The van der Waals surface area contributed by atoms with E-state index in [9.17, 15) is 9.90 Å². The molecule has 1 aromatic carbocycles. The Balaban J connectivity index is 1.95. The zero-order valence-electron chi connectivity index (χ0n) is 13.2. The minimum atomic E-state index is -0.502. The maximum Gasteiger partial charge on any atom is 0.254 e. The second kappa shape index (κ2) is 7.58. The van der Waals surface area contributed by atoms with Crippen molar-refractivity contribution in [1.82, 2.24) is 9.80 Å². The average molecular weight is 307 g/mol. The van der Waals surface area contributed by atoms with Crippen LogP contribution >= 0.6 is 0 Å². The fourth-order valence-corrected chi connectivity index (χ4v) is 2.59. The van der Waals surface area contributed by atoms with Gasteiger partial charge in [0.2, 0.25) is 0 Å². The molecule has 1 heterocycles. The third-order valence-corrected chi connectivity index (χ3v) is 3.93. The highest BCUT2D eigenvalue weighted by Crippen LogP contribution is 2.19. The molecule has 1 aliphatic rings. The van der Waals surface area contributed by atoms with Crippen molar-refractivity contribution >= 4 is 5.91 Å². The number of carbonyl (C=O) groups is 1. The zero-order valence-corrected chi connectivity index (χ0v) is 13.2. The number of hydrogen-bond donors (Lipinski definition) is 2. The van der Waals surface area contributed by atoms with Crippen LogP contribution in [0.2, 0.25) is 0 Å². The second-order valence-corrected chi connectivity index (χ2v) is 5.82. The molecule has 2 rings (SSSR count). The van der Waals surface area contributed by atoms with Gasteiger partial charge in [-0.05, 0) is 51.3 Å². The summed E-state index contributed by atoms with van der Waals surface area (Å²) in [6, 6.07) is 7.09. The number of aliphatic hydroxyl groups is 1. The first-order chi connectivity index (χ1) is 10.5. The maximum atomic E-state index is 12.5. The van der Waals surface area contributed by atoms with Crippen molar-refractivity contribution < 1.29 is 14.6 Å². The first-order valence-electron chi connectivity index (χ1n) is 7.59. The monoisotopic (exact) mass is 307 g/mol. The number of benzene rings is 1. The summed E-state index contributed by atoms with van der Waals surface area (Å²) < 4.78 is 5.52. The molecule has 122 valence electrons. The van der Waals surface area contributed by atoms with E-state index in [0.29, 0.717) is 31.8 Å². The van der Waals surface area contributed by atoms with Crippen molar-refractivity contribution in [2.24, 2.45) is 5.73 Å². The third-order valence-electron chi connectivity index (χ3n) is 3.93. The van der Waals surface area contributed by atoms with Gasteiger partial charge in [0.05, 0.1) is 18.8 Å². The number of β-amino-alcohol motifs (C(OH)–C–C–N with tert-alkyl or cyclic N) is 1. The third kappa shape index (κ3) is 3.97. The van der Waals surface area contributed by atoms with Gasteiger partial charge in [-0.3, -0.25) is 4.79 Å². The molecule has 6 nitrogen and oxygen atoms in total. The molecular formula is C16H25N3O3. The van der Waals surface area contributed by atoms with Gasteiger partial charge in [0.1, 0.15) is 5.75 Å². The Morgan fingerprint density at radius 3 is 2.59 bits per heavy atom. The van der Waals surface area contributed by atoms with Crippen molar-refractivity contribution in [2.75, 3.05) is 40.3 Å². The first kappa shape index (κ1) is 16.7. The quantitative estimate of drug-likeness (QED) is 0.732. The van der Waals surface area contributed by atoms with Crippen LogP contribution in [0.25, 0.3) is 0 Å². The van der Waals surface area contributed by atoms with Crippen LogP contribution in [0.5, 0.6) is 5.75 Å². The van der Waals surface area contributed by atoms with Crippen LogP contribution in [0, 0.1) is 0 Å². The smallest absolute Gasteiger partial charge is 0.254 e. The topological polar surface area (TPSA) is 79.0 Å². The van der Waals surface area contributed by atoms with E-state index in [-0.39, 0.29) is 11.9 Å². The van der Waals surface area contributed by atoms with Gasteiger partial charge in [0, 0.05) is 18.7 Å². The minimum absolute atomic E-state index is 0.0113. The van der Waals surface area contributed by atoms with E-state index in [1.54, 1.807) is 29.2 Å². The van der Waals surface area contributed by atoms with E-state index in [0.717, 1.165) is 12.2 Å². The summed E-state index contributed by atoms with van der Waals surface area (Å²) in [6.07, 6.45) is 0.302. The Bertz CT molecular complexity index is 490. The van der Waals surface area contributed by atoms with Gasteiger partial charge in [-0.2, -0.15) is 0 Å². The van der Waals surface area contributed by atoms with E-state index in [2.05, 4.69) is 0 Å². The number of likely N-dealkylation sites (N-methyl/N-ethyl adjacent to an activating group) is 1. The molecular weight excluding hydrogens is 282 g/mol. The highest BCUT2D eigenvalue weighted by atomic mass is 16.5. The molecule has 1 fully saturated rings. The molecule has 0 saturated carbocycles. The van der Waals surface area contributed by atoms with Crippen molar-refractivity contribution in [2.45, 2.75) is 18.6 Å². The van der Waals surface area contributed by atoms with Crippen LogP contribution in [0.15, 0.2) is 24.3 Å². The fourth-order valence-electron chi connectivity index (χ4n) is 2.59. The van der Waals surface area contributed by atoms with Gasteiger partial charge < -0.3 is 25.4 Å². The van der Waals surface area contributed by atoms with E-state index in [1.165, 1.54) is 0 Å². The van der Waals surface area contributed by atoms with Crippen molar-refractivity contribution in [1.29, 1.82) is 0 Å². The van der Waals surface area contributed by atoms with Crippen molar-refractivity contribution in [3.63, 3.8) is 0 Å². The highest BCUT2D eigenvalue weighted by Gasteiger charge is 2.35. The lowest BCUT2D eigenvalue weighted by Crippen LogP contribution is -2.38. The fraction of sp³-hybridized carbons (Fsp3) is 0.562. The lowest BCUT2D eigenvalue weighted by molar-refractivity contribution is 0.0764. The van der Waals surface area contributed by atoms with Crippen LogP contribution in [0.4, 0.5) is 0 Å². The average Bonchev–Trinajstić information content (AvgIpc) is 2.90. The predicted molar refractivity (Wildman–Crippen MR) is 85.0 cm³/mol. The Kier molecular flexibility index (Phi) is 5.76. The van der Waals surface area contributed by atoms with Crippen LogP contribution in [-0.4, -0.2) is 73.3 Å². The normalized spacial score (nSPS) is 21.4. The number of rotatable bonds is 6. The highest BCUT2D eigenvalue weighted by molar-refractivity contribution is 5.94. The number of hydrogen-bond acceptors (Lipinski definition) is 5. The standard InChI is InChI=1S/C16H25N3O3/c1-18(2)14-10-19(11-15(14)20)16(21)12-4-6-13(7-5-12)22-9-3-8-17/h4-7,14-15,20H,3,8-11,17H2,1-2H3/t14-,15-/m0/s1. The molecule has 2 atom stereocenters. The van der Waals surface area contributed by atoms with E-state index in [1.807, 2.05) is 19.0 Å². The van der Waals surface area contributed by atoms with Crippen LogP contribution in [0.1, 0.15) is 16.8 Å². The second-order valence-electron chi connectivity index (χ2n) is 5.82. The number of amides is 1. The van der Waals surface area contributed by atoms with Gasteiger partial charge in [-0.1, -0.05) is 0 Å². The van der Waals surface area contributed by atoms with E-state index < -0.39 is 6.10 Å². The van der Waals surface area contributed by atoms with Crippen LogP contribution in [0.3, 0.4) is 0 Å². The molecule has 3 N–H and O–H groups in total. The summed E-state index contributed by atoms with van der Waals surface area (Å²) in [7, 11) is 3.82. The van der Waals surface area contributed by atoms with Gasteiger partial charge in [-0.25, -0.2) is 0 Å². The molecule has 22 heavy (non-hydrogen) atoms. The molecule has 1 aliphatic heterocycles. The maximum absolute atomic E-state index is 12.5. The molecule has 0 aromatic heterocycles. The number of aliphatic hydroxyl groups excluding tert-OH is 1. The number of carbonyl (C=O) groups excluding carboxylic acids is 1. The van der Waals surface area contributed by atoms with Gasteiger partial charge in [0.25, 0.3) is 5.91 Å². The SMILES string of the molecule is CN(C)[C@H]1CN(C(=O)c2ccc(OCCCN)cc2)C[C@@H]1O. The summed E-state index contributed by atoms with van der Waals surface area (Å²) in [6.45, 7) is 2.09.